The van der Waals surface area contributed by atoms with Gasteiger partial charge in [0.05, 0.1) is 12.1 Å². The van der Waals surface area contributed by atoms with E-state index in [-0.39, 0.29) is 24.1 Å². The van der Waals surface area contributed by atoms with Crippen LogP contribution in [0.1, 0.15) is 22.3 Å². The summed E-state index contributed by atoms with van der Waals surface area (Å²) >= 11 is 0. The molecule has 1 atom stereocenters. The molecule has 1 fully saturated rings. The maximum atomic E-state index is 12.8. The largest absolute Gasteiger partial charge is 0.340 e. The lowest BCUT2D eigenvalue weighted by molar-refractivity contribution is -0.133. The van der Waals surface area contributed by atoms with Crippen molar-refractivity contribution in [3.8, 4) is 0 Å². The standard InChI is InChI=1S/C19H19N3O3/c23-16-8-10-22(13-16)19(25)17(11-14-5-2-1-3-6-14)21-18(24)15-7-4-9-20-12-15/h1-7,9,12,17H,8,10-11,13H2,(H,21,24)/t17-/m0/s1. The molecule has 0 aliphatic carbocycles. The molecule has 1 aromatic carbocycles. The van der Waals surface area contributed by atoms with Crippen LogP contribution < -0.4 is 5.32 Å². The molecule has 1 aliphatic rings. The third-order valence-corrected chi connectivity index (χ3v) is 4.15. The fraction of sp³-hybridized carbons (Fsp3) is 0.263. The number of rotatable bonds is 5. The fourth-order valence-electron chi connectivity index (χ4n) is 2.83. The summed E-state index contributed by atoms with van der Waals surface area (Å²) in [5.41, 5.74) is 1.34. The van der Waals surface area contributed by atoms with Crippen LogP contribution in [0.15, 0.2) is 54.9 Å². The van der Waals surface area contributed by atoms with E-state index in [1.54, 1.807) is 18.3 Å². The Morgan fingerprint density at radius 2 is 1.96 bits per heavy atom. The van der Waals surface area contributed by atoms with Crippen molar-refractivity contribution in [1.29, 1.82) is 0 Å². The van der Waals surface area contributed by atoms with Crippen LogP contribution in [0.5, 0.6) is 0 Å². The first-order chi connectivity index (χ1) is 12.1. The second-order valence-corrected chi connectivity index (χ2v) is 6.01. The summed E-state index contributed by atoms with van der Waals surface area (Å²) in [5.74, 6) is -0.537. The van der Waals surface area contributed by atoms with Crippen molar-refractivity contribution in [1.82, 2.24) is 15.2 Å². The predicted molar refractivity (Wildman–Crippen MR) is 91.8 cm³/mol. The normalized spacial score (nSPS) is 15.0. The summed E-state index contributed by atoms with van der Waals surface area (Å²) in [6.45, 7) is 0.526. The Morgan fingerprint density at radius 3 is 2.60 bits per heavy atom. The number of carbonyl (C=O) groups excluding carboxylic acids is 3. The van der Waals surface area contributed by atoms with Crippen LogP contribution >= 0.6 is 0 Å². The first-order valence-electron chi connectivity index (χ1n) is 8.19. The van der Waals surface area contributed by atoms with Crippen molar-refractivity contribution < 1.29 is 14.4 Å². The average molecular weight is 337 g/mol. The van der Waals surface area contributed by atoms with Gasteiger partial charge in [-0.2, -0.15) is 0 Å². The van der Waals surface area contributed by atoms with Gasteiger partial charge in [0.25, 0.3) is 5.91 Å². The summed E-state index contributed by atoms with van der Waals surface area (Å²) in [6.07, 6.45) is 3.79. The Labute approximate surface area is 145 Å². The number of hydrogen-bond donors (Lipinski definition) is 1. The van der Waals surface area contributed by atoms with E-state index in [0.29, 0.717) is 24.9 Å². The maximum absolute atomic E-state index is 12.8. The lowest BCUT2D eigenvalue weighted by atomic mass is 10.0. The molecule has 0 unspecified atom stereocenters. The highest BCUT2D eigenvalue weighted by molar-refractivity contribution is 5.98. The topological polar surface area (TPSA) is 79.4 Å². The van der Waals surface area contributed by atoms with Gasteiger partial charge in [-0.05, 0) is 17.7 Å². The van der Waals surface area contributed by atoms with Crippen LogP contribution in [-0.4, -0.2) is 46.6 Å². The first kappa shape index (κ1) is 16.8. The summed E-state index contributed by atoms with van der Waals surface area (Å²) in [5, 5.41) is 2.79. The molecule has 3 rings (SSSR count). The number of benzene rings is 1. The maximum Gasteiger partial charge on any atom is 0.253 e. The van der Waals surface area contributed by atoms with Gasteiger partial charge in [0.2, 0.25) is 5.91 Å². The molecule has 2 amide bonds. The molecular formula is C19H19N3O3. The van der Waals surface area contributed by atoms with E-state index in [2.05, 4.69) is 10.3 Å². The third-order valence-electron chi connectivity index (χ3n) is 4.15. The molecule has 2 heterocycles. The molecule has 128 valence electrons. The van der Waals surface area contributed by atoms with Gasteiger partial charge in [-0.1, -0.05) is 30.3 Å². The van der Waals surface area contributed by atoms with E-state index in [1.807, 2.05) is 30.3 Å². The molecule has 25 heavy (non-hydrogen) atoms. The second-order valence-electron chi connectivity index (χ2n) is 6.01. The number of nitrogens with zero attached hydrogens (tertiary/aromatic N) is 2. The zero-order chi connectivity index (χ0) is 17.6. The van der Waals surface area contributed by atoms with Crippen molar-refractivity contribution in [3.05, 3.63) is 66.0 Å². The molecule has 6 heteroatoms. The van der Waals surface area contributed by atoms with Gasteiger partial charge in [-0.3, -0.25) is 19.4 Å². The van der Waals surface area contributed by atoms with Gasteiger partial charge in [0, 0.05) is 31.8 Å². The highest BCUT2D eigenvalue weighted by Crippen LogP contribution is 2.11. The SMILES string of the molecule is O=C1CCN(C(=O)[C@H](Cc2ccccc2)NC(=O)c2cccnc2)C1. The summed E-state index contributed by atoms with van der Waals surface area (Å²) in [4.78, 5) is 42.2. The predicted octanol–water partition coefficient (Wildman–Crippen LogP) is 1.22. The summed E-state index contributed by atoms with van der Waals surface area (Å²) < 4.78 is 0. The number of amides is 2. The van der Waals surface area contributed by atoms with E-state index in [9.17, 15) is 14.4 Å². The number of nitrogens with one attached hydrogen (secondary N) is 1. The van der Waals surface area contributed by atoms with Crippen molar-refractivity contribution in [2.24, 2.45) is 0 Å². The molecule has 0 bridgehead atoms. The Kier molecular flexibility index (Phi) is 5.18. The van der Waals surface area contributed by atoms with Gasteiger partial charge < -0.3 is 10.2 Å². The number of pyridine rings is 1. The number of likely N-dealkylation sites (tertiary alicyclic amines) is 1. The minimum absolute atomic E-state index is 0.0467. The van der Waals surface area contributed by atoms with Crippen LogP contribution in [0.25, 0.3) is 0 Å². The molecule has 0 saturated carbocycles. The molecule has 2 aromatic rings. The molecule has 1 aromatic heterocycles. The third kappa shape index (κ3) is 4.29. The zero-order valence-electron chi connectivity index (χ0n) is 13.7. The van der Waals surface area contributed by atoms with Crippen LogP contribution in [0.4, 0.5) is 0 Å². The molecule has 1 saturated heterocycles. The van der Waals surface area contributed by atoms with Crippen molar-refractivity contribution in [2.45, 2.75) is 18.9 Å². The van der Waals surface area contributed by atoms with Gasteiger partial charge in [0.1, 0.15) is 6.04 Å². The number of carbonyl (C=O) groups is 3. The van der Waals surface area contributed by atoms with E-state index in [4.69, 9.17) is 0 Å². The Morgan fingerprint density at radius 1 is 1.16 bits per heavy atom. The zero-order valence-corrected chi connectivity index (χ0v) is 13.7. The van der Waals surface area contributed by atoms with Gasteiger partial charge >= 0.3 is 0 Å². The smallest absolute Gasteiger partial charge is 0.253 e. The molecule has 0 spiro atoms. The molecular weight excluding hydrogens is 318 g/mol. The van der Waals surface area contributed by atoms with Gasteiger partial charge in [0.15, 0.2) is 5.78 Å². The number of ketones is 1. The highest BCUT2D eigenvalue weighted by atomic mass is 16.2. The van der Waals surface area contributed by atoms with Crippen LogP contribution in [0.2, 0.25) is 0 Å². The average Bonchev–Trinajstić information content (AvgIpc) is 3.08. The Hall–Kier alpha value is -3.02. The molecule has 0 radical (unpaired) electrons. The van der Waals surface area contributed by atoms with E-state index >= 15 is 0 Å². The van der Waals surface area contributed by atoms with Crippen LogP contribution in [0, 0.1) is 0 Å². The molecule has 1 aliphatic heterocycles. The monoisotopic (exact) mass is 337 g/mol. The summed E-state index contributed by atoms with van der Waals surface area (Å²) in [7, 11) is 0. The Balaban J connectivity index is 1.77. The summed E-state index contributed by atoms with van der Waals surface area (Å²) in [6, 6.07) is 12.1. The molecule has 1 N–H and O–H groups in total. The Bertz CT molecular complexity index is 762. The minimum Gasteiger partial charge on any atom is -0.340 e. The second kappa shape index (κ2) is 7.70. The van der Waals surface area contributed by atoms with Crippen molar-refractivity contribution in [2.75, 3.05) is 13.1 Å². The van der Waals surface area contributed by atoms with Gasteiger partial charge in [-0.25, -0.2) is 0 Å². The van der Waals surface area contributed by atoms with Gasteiger partial charge in [-0.15, -0.1) is 0 Å². The quantitative estimate of drug-likeness (QED) is 0.890. The number of hydrogen-bond acceptors (Lipinski definition) is 4. The lowest BCUT2D eigenvalue weighted by Gasteiger charge is -2.23. The number of Topliss-reactive ketones (excluding diaryl/α,β-unsaturated/α-hetero) is 1. The minimum atomic E-state index is -0.721. The molecule has 6 nitrogen and oxygen atoms in total. The van der Waals surface area contributed by atoms with E-state index in [0.717, 1.165) is 5.56 Å². The van der Waals surface area contributed by atoms with E-state index < -0.39 is 6.04 Å². The fourth-order valence-corrected chi connectivity index (χ4v) is 2.83. The van der Waals surface area contributed by atoms with Crippen molar-refractivity contribution >= 4 is 17.6 Å². The first-order valence-corrected chi connectivity index (χ1v) is 8.19. The van der Waals surface area contributed by atoms with Crippen LogP contribution in [-0.2, 0) is 16.0 Å². The van der Waals surface area contributed by atoms with Crippen molar-refractivity contribution in [3.63, 3.8) is 0 Å². The lowest BCUT2D eigenvalue weighted by Crippen LogP contribution is -2.49. The van der Waals surface area contributed by atoms with Crippen LogP contribution in [0.3, 0.4) is 0 Å². The van der Waals surface area contributed by atoms with E-state index in [1.165, 1.54) is 11.1 Å². The number of aromatic nitrogens is 1. The highest BCUT2D eigenvalue weighted by Gasteiger charge is 2.31.